The lowest BCUT2D eigenvalue weighted by Crippen LogP contribution is -2.34. The lowest BCUT2D eigenvalue weighted by molar-refractivity contribution is 0.309. The zero-order chi connectivity index (χ0) is 15.5. The maximum atomic E-state index is 5.59. The number of hydrogen-bond donors (Lipinski definition) is 1. The predicted molar refractivity (Wildman–Crippen MR) is 87.9 cm³/mol. The number of nitrogens with zero attached hydrogens (tertiary/aromatic N) is 3. The monoisotopic (exact) mass is 312 g/mol. The second-order valence-corrected chi connectivity index (χ2v) is 6.66. The maximum Gasteiger partial charge on any atom is 0.140 e. The number of aryl methyl sites for hydroxylation is 1. The van der Waals surface area contributed by atoms with E-state index in [1.54, 1.807) is 0 Å². The van der Waals surface area contributed by atoms with Gasteiger partial charge in [0.2, 0.25) is 0 Å². The van der Waals surface area contributed by atoms with Crippen LogP contribution in [0.15, 0.2) is 28.9 Å². The lowest BCUT2D eigenvalue weighted by atomic mass is 9.92. The number of fused-ring (bicyclic) bond motifs is 1. The molecule has 1 aliphatic carbocycles. The van der Waals surface area contributed by atoms with Crippen molar-refractivity contribution in [2.24, 2.45) is 0 Å². The first-order valence-electron chi connectivity index (χ1n) is 8.70. The summed E-state index contributed by atoms with van der Waals surface area (Å²) in [6, 6.07) is 6.55. The van der Waals surface area contributed by atoms with E-state index in [0.29, 0.717) is 6.04 Å². The number of rotatable bonds is 5. The summed E-state index contributed by atoms with van der Waals surface area (Å²) in [7, 11) is 0. The van der Waals surface area contributed by atoms with Gasteiger partial charge in [-0.15, -0.1) is 0 Å². The van der Waals surface area contributed by atoms with E-state index in [0.717, 1.165) is 49.5 Å². The van der Waals surface area contributed by atoms with E-state index in [-0.39, 0.29) is 0 Å². The number of likely N-dealkylation sites (tertiary alicyclic amines) is 1. The van der Waals surface area contributed by atoms with Gasteiger partial charge in [0.25, 0.3) is 0 Å². The predicted octanol–water partition coefficient (Wildman–Crippen LogP) is 2.31. The molecule has 0 bridgehead atoms. The fraction of sp³-hybridized carbons (Fsp3) is 0.556. The van der Waals surface area contributed by atoms with E-state index in [1.165, 1.54) is 31.5 Å². The van der Waals surface area contributed by atoms with Crippen LogP contribution in [0.5, 0.6) is 0 Å². The van der Waals surface area contributed by atoms with Gasteiger partial charge in [0, 0.05) is 37.3 Å². The standard InChI is InChI=1S/C18H24N4O/c1-2-8-19-15(5-1)12-20-14-6-7-18-16(11-14)17(21-23-18)13-22-9-3-4-10-22/h1-2,5,8,14,20H,3-4,6-7,9-13H2. The van der Waals surface area contributed by atoms with Crippen molar-refractivity contribution in [2.45, 2.75) is 51.2 Å². The first kappa shape index (κ1) is 14.8. The van der Waals surface area contributed by atoms with Gasteiger partial charge in [-0.3, -0.25) is 9.88 Å². The molecule has 0 aromatic carbocycles. The summed E-state index contributed by atoms with van der Waals surface area (Å²) < 4.78 is 5.59. The smallest absolute Gasteiger partial charge is 0.140 e. The van der Waals surface area contributed by atoms with Crippen LogP contribution in [-0.2, 0) is 25.9 Å². The van der Waals surface area contributed by atoms with Crippen molar-refractivity contribution < 1.29 is 4.52 Å². The largest absolute Gasteiger partial charge is 0.361 e. The van der Waals surface area contributed by atoms with Gasteiger partial charge < -0.3 is 9.84 Å². The van der Waals surface area contributed by atoms with Gasteiger partial charge in [-0.2, -0.15) is 0 Å². The van der Waals surface area contributed by atoms with Crippen molar-refractivity contribution in [3.8, 4) is 0 Å². The van der Waals surface area contributed by atoms with E-state index in [4.69, 9.17) is 4.52 Å². The molecular formula is C18H24N4O. The van der Waals surface area contributed by atoms with Crippen LogP contribution in [0.4, 0.5) is 0 Å². The molecule has 0 radical (unpaired) electrons. The SMILES string of the molecule is c1ccc(CNC2CCc3onc(CN4CCCC4)c3C2)nc1. The van der Waals surface area contributed by atoms with Crippen molar-refractivity contribution in [3.05, 3.63) is 47.1 Å². The Morgan fingerprint density at radius 1 is 1.26 bits per heavy atom. The Morgan fingerprint density at radius 3 is 3.00 bits per heavy atom. The van der Waals surface area contributed by atoms with Crippen molar-refractivity contribution in [3.63, 3.8) is 0 Å². The minimum absolute atomic E-state index is 0.487. The molecule has 1 atom stereocenters. The van der Waals surface area contributed by atoms with Crippen molar-refractivity contribution in [2.75, 3.05) is 13.1 Å². The van der Waals surface area contributed by atoms with Crippen LogP contribution in [-0.4, -0.2) is 34.2 Å². The summed E-state index contributed by atoms with van der Waals surface area (Å²) in [5.74, 6) is 1.11. The summed E-state index contributed by atoms with van der Waals surface area (Å²) in [5.41, 5.74) is 3.61. The van der Waals surface area contributed by atoms with Gasteiger partial charge >= 0.3 is 0 Å². The summed E-state index contributed by atoms with van der Waals surface area (Å²) in [4.78, 5) is 6.87. The average molecular weight is 312 g/mol. The highest BCUT2D eigenvalue weighted by molar-refractivity contribution is 5.27. The molecule has 1 N–H and O–H groups in total. The normalized spacial score (nSPS) is 21.5. The van der Waals surface area contributed by atoms with Gasteiger partial charge in [-0.1, -0.05) is 11.2 Å². The summed E-state index contributed by atoms with van der Waals surface area (Å²) in [5, 5.41) is 8.00. The Balaban J connectivity index is 1.38. The third-order valence-electron chi connectivity index (χ3n) is 4.99. The van der Waals surface area contributed by atoms with Gasteiger partial charge in [0.15, 0.2) is 0 Å². The highest BCUT2D eigenvalue weighted by Gasteiger charge is 2.26. The molecule has 2 aromatic rings. The molecule has 5 heteroatoms. The Hall–Kier alpha value is -1.72. The van der Waals surface area contributed by atoms with E-state index in [2.05, 4.69) is 26.4 Å². The summed E-state index contributed by atoms with van der Waals surface area (Å²) in [6.45, 7) is 4.17. The Morgan fingerprint density at radius 2 is 2.17 bits per heavy atom. The van der Waals surface area contributed by atoms with Gasteiger partial charge in [0.1, 0.15) is 11.5 Å². The highest BCUT2D eigenvalue weighted by Crippen LogP contribution is 2.26. The number of hydrogen-bond acceptors (Lipinski definition) is 5. The molecule has 1 saturated heterocycles. The van der Waals surface area contributed by atoms with E-state index < -0.39 is 0 Å². The molecule has 23 heavy (non-hydrogen) atoms. The van der Waals surface area contributed by atoms with Crippen molar-refractivity contribution in [1.29, 1.82) is 0 Å². The molecule has 1 fully saturated rings. The molecule has 0 saturated carbocycles. The second kappa shape index (κ2) is 6.81. The van der Waals surface area contributed by atoms with E-state index in [1.807, 2.05) is 18.3 Å². The van der Waals surface area contributed by atoms with Crippen molar-refractivity contribution in [1.82, 2.24) is 20.4 Å². The van der Waals surface area contributed by atoms with Gasteiger partial charge in [0.05, 0.1) is 5.69 Å². The Labute approximate surface area is 137 Å². The summed E-state index contributed by atoms with van der Waals surface area (Å²) >= 11 is 0. The number of aromatic nitrogens is 2. The minimum Gasteiger partial charge on any atom is -0.361 e. The minimum atomic E-state index is 0.487. The fourth-order valence-corrected chi connectivity index (χ4v) is 3.67. The van der Waals surface area contributed by atoms with E-state index >= 15 is 0 Å². The lowest BCUT2D eigenvalue weighted by Gasteiger charge is -2.23. The molecule has 2 aromatic heterocycles. The summed E-state index contributed by atoms with van der Waals surface area (Å²) in [6.07, 6.45) is 7.60. The molecule has 2 aliphatic rings. The molecule has 1 unspecified atom stereocenters. The van der Waals surface area contributed by atoms with Crippen LogP contribution < -0.4 is 5.32 Å². The first-order chi connectivity index (χ1) is 11.4. The van der Waals surface area contributed by atoms with Crippen molar-refractivity contribution >= 4 is 0 Å². The molecule has 0 spiro atoms. The maximum absolute atomic E-state index is 5.59. The van der Waals surface area contributed by atoms with Crippen LogP contribution in [0.2, 0.25) is 0 Å². The van der Waals surface area contributed by atoms with Gasteiger partial charge in [-0.25, -0.2) is 0 Å². The van der Waals surface area contributed by atoms with Crippen LogP contribution in [0.25, 0.3) is 0 Å². The highest BCUT2D eigenvalue weighted by atomic mass is 16.5. The van der Waals surface area contributed by atoms with E-state index in [9.17, 15) is 0 Å². The molecule has 1 aliphatic heterocycles. The zero-order valence-corrected chi connectivity index (χ0v) is 13.5. The third kappa shape index (κ3) is 3.46. The molecule has 5 nitrogen and oxygen atoms in total. The molecule has 3 heterocycles. The molecule has 122 valence electrons. The average Bonchev–Trinajstić information content (AvgIpc) is 3.24. The second-order valence-electron chi connectivity index (χ2n) is 6.66. The Kier molecular flexibility index (Phi) is 4.39. The van der Waals surface area contributed by atoms with Crippen LogP contribution in [0, 0.1) is 0 Å². The quantitative estimate of drug-likeness (QED) is 0.918. The Bertz CT molecular complexity index is 634. The number of pyridine rings is 1. The van der Waals surface area contributed by atoms with Gasteiger partial charge in [-0.05, 0) is 50.9 Å². The molecule has 0 amide bonds. The molecular weight excluding hydrogens is 288 g/mol. The van der Waals surface area contributed by atoms with Crippen LogP contribution in [0.3, 0.4) is 0 Å². The first-order valence-corrected chi connectivity index (χ1v) is 8.70. The number of nitrogens with one attached hydrogen (secondary N) is 1. The fourth-order valence-electron chi connectivity index (χ4n) is 3.67. The third-order valence-corrected chi connectivity index (χ3v) is 4.99. The zero-order valence-electron chi connectivity index (χ0n) is 13.5. The topological polar surface area (TPSA) is 54.2 Å². The van der Waals surface area contributed by atoms with Crippen LogP contribution in [0.1, 0.15) is 42.0 Å². The molecule has 4 rings (SSSR count). The van der Waals surface area contributed by atoms with Crippen LogP contribution >= 0.6 is 0 Å².